The van der Waals surface area contributed by atoms with E-state index in [0.29, 0.717) is 30.2 Å². The first kappa shape index (κ1) is 16.6. The maximum atomic E-state index is 12.1. The lowest BCUT2D eigenvalue weighted by Crippen LogP contribution is -2.38. The molecular weight excluding hydrogens is 282 g/mol. The van der Waals surface area contributed by atoms with Crippen molar-refractivity contribution in [1.29, 1.82) is 0 Å². The van der Waals surface area contributed by atoms with E-state index in [4.69, 9.17) is 15.2 Å². The predicted molar refractivity (Wildman–Crippen MR) is 86.2 cm³/mol. The standard InChI is InChI=1S/C16H25N3O3/c1-2-22-15-5-4-13(12-14(15)17)16(20)18-6-3-7-19-8-10-21-11-9-19/h4-5,12H,2-3,6-11,17H2,1H3,(H,18,20). The number of morpholine rings is 1. The Morgan fingerprint density at radius 1 is 1.41 bits per heavy atom. The van der Waals surface area contributed by atoms with Crippen LogP contribution in [0.5, 0.6) is 5.75 Å². The van der Waals surface area contributed by atoms with Crippen LogP contribution >= 0.6 is 0 Å². The van der Waals surface area contributed by atoms with Crippen LogP contribution < -0.4 is 15.8 Å². The van der Waals surface area contributed by atoms with Crippen molar-refractivity contribution >= 4 is 11.6 Å². The van der Waals surface area contributed by atoms with Crippen molar-refractivity contribution in [2.75, 3.05) is 51.7 Å². The van der Waals surface area contributed by atoms with Gasteiger partial charge in [0.2, 0.25) is 0 Å². The third-order valence-corrected chi connectivity index (χ3v) is 3.61. The van der Waals surface area contributed by atoms with Crippen LogP contribution in [0.1, 0.15) is 23.7 Å². The Labute approximate surface area is 131 Å². The minimum atomic E-state index is -0.100. The number of benzene rings is 1. The zero-order chi connectivity index (χ0) is 15.8. The van der Waals surface area contributed by atoms with Crippen molar-refractivity contribution in [3.05, 3.63) is 23.8 Å². The monoisotopic (exact) mass is 307 g/mol. The Hall–Kier alpha value is -1.79. The van der Waals surface area contributed by atoms with Gasteiger partial charge < -0.3 is 20.5 Å². The average Bonchev–Trinajstić information content (AvgIpc) is 2.54. The minimum Gasteiger partial charge on any atom is -0.492 e. The van der Waals surface area contributed by atoms with Crippen LogP contribution in [0.4, 0.5) is 5.69 Å². The molecule has 0 spiro atoms. The second-order valence-electron chi connectivity index (χ2n) is 5.25. The van der Waals surface area contributed by atoms with E-state index in [1.807, 2.05) is 6.92 Å². The van der Waals surface area contributed by atoms with Crippen molar-refractivity contribution in [3.8, 4) is 5.75 Å². The lowest BCUT2D eigenvalue weighted by atomic mass is 10.1. The Morgan fingerprint density at radius 3 is 2.86 bits per heavy atom. The van der Waals surface area contributed by atoms with E-state index in [-0.39, 0.29) is 5.91 Å². The average molecular weight is 307 g/mol. The van der Waals surface area contributed by atoms with Gasteiger partial charge in [0.25, 0.3) is 5.91 Å². The number of carbonyl (C=O) groups excluding carboxylic acids is 1. The zero-order valence-corrected chi connectivity index (χ0v) is 13.1. The number of nitrogens with two attached hydrogens (primary N) is 1. The van der Waals surface area contributed by atoms with Gasteiger partial charge in [-0.2, -0.15) is 0 Å². The molecule has 6 nitrogen and oxygen atoms in total. The van der Waals surface area contributed by atoms with Gasteiger partial charge in [-0.05, 0) is 38.1 Å². The highest BCUT2D eigenvalue weighted by molar-refractivity contribution is 5.95. The van der Waals surface area contributed by atoms with Crippen LogP contribution in [0.25, 0.3) is 0 Å². The third-order valence-electron chi connectivity index (χ3n) is 3.61. The molecule has 122 valence electrons. The Bertz CT molecular complexity index is 488. The summed E-state index contributed by atoms with van der Waals surface area (Å²) in [7, 11) is 0. The van der Waals surface area contributed by atoms with E-state index in [1.165, 1.54) is 0 Å². The van der Waals surface area contributed by atoms with E-state index in [0.717, 1.165) is 39.3 Å². The van der Waals surface area contributed by atoms with Crippen LogP contribution in [-0.2, 0) is 4.74 Å². The molecule has 1 heterocycles. The maximum absolute atomic E-state index is 12.1. The normalized spacial score (nSPS) is 15.5. The SMILES string of the molecule is CCOc1ccc(C(=O)NCCCN2CCOCC2)cc1N. The predicted octanol–water partition coefficient (Wildman–Crippen LogP) is 1.12. The van der Waals surface area contributed by atoms with Gasteiger partial charge in [0.1, 0.15) is 5.75 Å². The van der Waals surface area contributed by atoms with Gasteiger partial charge in [0, 0.05) is 25.2 Å². The van der Waals surface area contributed by atoms with Crippen LogP contribution in [0.3, 0.4) is 0 Å². The van der Waals surface area contributed by atoms with E-state index in [9.17, 15) is 4.79 Å². The Morgan fingerprint density at radius 2 is 2.18 bits per heavy atom. The summed E-state index contributed by atoms with van der Waals surface area (Å²) in [5.74, 6) is 0.517. The largest absolute Gasteiger partial charge is 0.492 e. The van der Waals surface area contributed by atoms with Gasteiger partial charge in [-0.3, -0.25) is 9.69 Å². The van der Waals surface area contributed by atoms with Crippen molar-refractivity contribution < 1.29 is 14.3 Å². The summed E-state index contributed by atoms with van der Waals surface area (Å²) in [4.78, 5) is 14.4. The molecule has 3 N–H and O–H groups in total. The molecule has 22 heavy (non-hydrogen) atoms. The number of nitrogens with one attached hydrogen (secondary N) is 1. The summed E-state index contributed by atoms with van der Waals surface area (Å²) >= 11 is 0. The fourth-order valence-electron chi connectivity index (χ4n) is 2.41. The maximum Gasteiger partial charge on any atom is 0.251 e. The molecule has 0 aliphatic carbocycles. The first-order valence-electron chi connectivity index (χ1n) is 7.81. The molecule has 1 aliphatic heterocycles. The molecule has 1 saturated heterocycles. The van der Waals surface area contributed by atoms with Gasteiger partial charge in [-0.25, -0.2) is 0 Å². The van der Waals surface area contributed by atoms with Crippen LogP contribution in [0, 0.1) is 0 Å². The van der Waals surface area contributed by atoms with E-state index in [2.05, 4.69) is 10.2 Å². The quantitative estimate of drug-likeness (QED) is 0.583. The topological polar surface area (TPSA) is 76.8 Å². The summed E-state index contributed by atoms with van der Waals surface area (Å²) < 4.78 is 10.7. The molecule has 6 heteroatoms. The van der Waals surface area contributed by atoms with Crippen molar-refractivity contribution in [2.24, 2.45) is 0 Å². The van der Waals surface area contributed by atoms with Gasteiger partial charge >= 0.3 is 0 Å². The van der Waals surface area contributed by atoms with E-state index in [1.54, 1.807) is 18.2 Å². The summed E-state index contributed by atoms with van der Waals surface area (Å²) in [6.07, 6.45) is 0.929. The molecule has 1 aromatic rings. The van der Waals surface area contributed by atoms with Gasteiger partial charge in [0.15, 0.2) is 0 Å². The first-order valence-corrected chi connectivity index (χ1v) is 7.81. The van der Waals surface area contributed by atoms with Crippen LogP contribution in [0.15, 0.2) is 18.2 Å². The molecule has 2 rings (SSSR count). The number of carbonyl (C=O) groups is 1. The van der Waals surface area contributed by atoms with E-state index < -0.39 is 0 Å². The first-order chi connectivity index (χ1) is 10.7. The Kier molecular flexibility index (Phi) is 6.48. The molecule has 1 aliphatic rings. The molecule has 0 atom stereocenters. The van der Waals surface area contributed by atoms with Crippen molar-refractivity contribution in [1.82, 2.24) is 10.2 Å². The molecule has 1 amide bonds. The van der Waals surface area contributed by atoms with Crippen molar-refractivity contribution in [2.45, 2.75) is 13.3 Å². The molecule has 0 radical (unpaired) electrons. The number of anilines is 1. The fourth-order valence-corrected chi connectivity index (χ4v) is 2.41. The number of amides is 1. The highest BCUT2D eigenvalue weighted by Crippen LogP contribution is 2.22. The summed E-state index contributed by atoms with van der Waals surface area (Å²) in [6, 6.07) is 5.13. The molecule has 0 bridgehead atoms. The fraction of sp³-hybridized carbons (Fsp3) is 0.562. The summed E-state index contributed by atoms with van der Waals surface area (Å²) in [5, 5.41) is 2.92. The smallest absolute Gasteiger partial charge is 0.251 e. The summed E-state index contributed by atoms with van der Waals surface area (Å²) in [5.41, 5.74) is 6.93. The number of hydrogen-bond acceptors (Lipinski definition) is 5. The molecular formula is C16H25N3O3. The zero-order valence-electron chi connectivity index (χ0n) is 13.1. The van der Waals surface area contributed by atoms with Gasteiger partial charge in [-0.15, -0.1) is 0 Å². The third kappa shape index (κ3) is 4.89. The second-order valence-corrected chi connectivity index (χ2v) is 5.25. The molecule has 1 fully saturated rings. The highest BCUT2D eigenvalue weighted by atomic mass is 16.5. The second kappa shape index (κ2) is 8.60. The van der Waals surface area contributed by atoms with Gasteiger partial charge in [-0.1, -0.05) is 0 Å². The van der Waals surface area contributed by atoms with E-state index >= 15 is 0 Å². The van der Waals surface area contributed by atoms with Crippen LogP contribution in [0.2, 0.25) is 0 Å². The molecule has 0 aromatic heterocycles. The number of nitrogen functional groups attached to an aromatic ring is 1. The lowest BCUT2D eigenvalue weighted by molar-refractivity contribution is 0.0374. The summed E-state index contributed by atoms with van der Waals surface area (Å²) in [6.45, 7) is 7.65. The Balaban J connectivity index is 1.73. The van der Waals surface area contributed by atoms with Crippen LogP contribution in [-0.4, -0.2) is 56.8 Å². The molecule has 0 saturated carbocycles. The number of hydrogen-bond donors (Lipinski definition) is 2. The highest BCUT2D eigenvalue weighted by Gasteiger charge is 2.11. The molecule has 0 unspecified atom stereocenters. The number of nitrogens with zero attached hydrogens (tertiary/aromatic N) is 1. The molecule has 1 aromatic carbocycles. The van der Waals surface area contributed by atoms with Gasteiger partial charge in [0.05, 0.1) is 25.5 Å². The van der Waals surface area contributed by atoms with Crippen molar-refractivity contribution in [3.63, 3.8) is 0 Å². The number of ether oxygens (including phenoxy) is 2. The lowest BCUT2D eigenvalue weighted by Gasteiger charge is -2.26. The minimum absolute atomic E-state index is 0.100. The number of rotatable bonds is 7.